The van der Waals surface area contributed by atoms with Crippen molar-refractivity contribution < 1.29 is 43.3 Å². The summed E-state index contributed by atoms with van der Waals surface area (Å²) in [5.41, 5.74) is 11.3. The summed E-state index contributed by atoms with van der Waals surface area (Å²) in [5, 5.41) is 18.9. The number of nitrogens with two attached hydrogens (primary N) is 2. The molecular formula is C39H41N5O9. The maximum absolute atomic E-state index is 14.3. The molecule has 4 aromatic rings. The standard InChI is InChI=1S/C39H41N5O9/c40-32(24-28-14-5-1-6-15-28)33(45)44(38(50)53-27-31-20-11-4-12-21-31)39(34(46)47,35(48)51-25-29-16-7-2-8-17-29)22-13-23-43(36(41)42)37(49)52-26-30-18-9-3-10-19-30/h1-12,14-21,32H,13,22-27,40H2,(H3,41,42)(H,46,47)/t32-,39-/m0/s1. The lowest BCUT2D eigenvalue weighted by Crippen LogP contribution is -2.67. The first-order valence-electron chi connectivity index (χ1n) is 16.6. The Morgan fingerprint density at radius 2 is 1.08 bits per heavy atom. The highest BCUT2D eigenvalue weighted by Crippen LogP contribution is 2.29. The number of carbonyl (C=O) groups excluding carboxylic acids is 4. The first-order valence-corrected chi connectivity index (χ1v) is 16.6. The van der Waals surface area contributed by atoms with E-state index in [9.17, 15) is 29.1 Å². The van der Waals surface area contributed by atoms with Crippen molar-refractivity contribution in [3.63, 3.8) is 0 Å². The number of rotatable bonds is 16. The van der Waals surface area contributed by atoms with Gasteiger partial charge in [0.2, 0.25) is 5.54 Å². The number of guanidine groups is 1. The van der Waals surface area contributed by atoms with Gasteiger partial charge in [-0.2, -0.15) is 0 Å². The minimum absolute atomic E-state index is 0.123. The molecule has 2 atom stereocenters. The molecule has 6 N–H and O–H groups in total. The fourth-order valence-corrected chi connectivity index (χ4v) is 5.38. The third kappa shape index (κ3) is 10.7. The zero-order chi connectivity index (χ0) is 38.2. The van der Waals surface area contributed by atoms with E-state index in [0.717, 1.165) is 4.90 Å². The number of nitrogens with zero attached hydrogens (tertiary/aromatic N) is 2. The van der Waals surface area contributed by atoms with Gasteiger partial charge in [0.25, 0.3) is 5.91 Å². The fraction of sp³-hybridized carbons (Fsp3) is 0.231. The number of aliphatic carboxylic acids is 1. The number of benzene rings is 4. The van der Waals surface area contributed by atoms with E-state index < -0.39 is 73.6 Å². The zero-order valence-electron chi connectivity index (χ0n) is 28.8. The topological polar surface area (TPSA) is 216 Å². The Morgan fingerprint density at radius 1 is 0.660 bits per heavy atom. The Labute approximate surface area is 306 Å². The van der Waals surface area contributed by atoms with Crippen LogP contribution in [-0.4, -0.2) is 69.0 Å². The van der Waals surface area contributed by atoms with E-state index in [1.807, 2.05) is 0 Å². The number of imide groups is 1. The molecular weight excluding hydrogens is 682 g/mol. The van der Waals surface area contributed by atoms with Crippen molar-refractivity contribution in [2.24, 2.45) is 11.5 Å². The van der Waals surface area contributed by atoms with E-state index in [2.05, 4.69) is 0 Å². The van der Waals surface area contributed by atoms with E-state index in [1.54, 1.807) is 121 Å². The van der Waals surface area contributed by atoms with Crippen LogP contribution in [0.4, 0.5) is 9.59 Å². The molecule has 0 bridgehead atoms. The molecule has 0 fully saturated rings. The number of amides is 3. The monoisotopic (exact) mass is 723 g/mol. The number of esters is 1. The Kier molecular flexibility index (Phi) is 14.2. The summed E-state index contributed by atoms with van der Waals surface area (Å²) in [6.07, 6.45) is -3.80. The van der Waals surface area contributed by atoms with Gasteiger partial charge in [-0.25, -0.2) is 29.0 Å². The SMILES string of the molecule is N=C(N)N(CCC[C@](C(=O)O)(C(=O)OCc1ccccc1)N(C(=O)OCc1ccccc1)C(=O)[C@@H](N)Cc1ccccc1)C(=O)OCc1ccccc1. The number of hydrogen-bond acceptors (Lipinski definition) is 10. The molecule has 276 valence electrons. The van der Waals surface area contributed by atoms with Gasteiger partial charge in [0, 0.05) is 6.54 Å². The van der Waals surface area contributed by atoms with Crippen LogP contribution in [0, 0.1) is 5.41 Å². The van der Waals surface area contributed by atoms with Gasteiger partial charge in [0.15, 0.2) is 5.96 Å². The average molecular weight is 724 g/mol. The molecule has 0 aliphatic rings. The Balaban J connectivity index is 1.69. The van der Waals surface area contributed by atoms with Gasteiger partial charge in [0.1, 0.15) is 19.8 Å². The third-order valence-corrected chi connectivity index (χ3v) is 8.15. The molecule has 4 rings (SSSR count). The van der Waals surface area contributed by atoms with E-state index in [-0.39, 0.29) is 24.5 Å². The van der Waals surface area contributed by atoms with Gasteiger partial charge in [-0.3, -0.25) is 10.2 Å². The lowest BCUT2D eigenvalue weighted by Gasteiger charge is -2.37. The predicted molar refractivity (Wildman–Crippen MR) is 193 cm³/mol. The van der Waals surface area contributed by atoms with Gasteiger partial charge in [0.05, 0.1) is 6.04 Å². The molecule has 0 aromatic heterocycles. The van der Waals surface area contributed by atoms with Crippen LogP contribution in [0.15, 0.2) is 121 Å². The number of carboxylic acid groups (broad SMARTS) is 1. The molecule has 0 unspecified atom stereocenters. The van der Waals surface area contributed by atoms with Crippen LogP contribution in [0.2, 0.25) is 0 Å². The summed E-state index contributed by atoms with van der Waals surface area (Å²) < 4.78 is 16.3. The number of ether oxygens (including phenoxy) is 3. The second kappa shape index (κ2) is 19.2. The smallest absolute Gasteiger partial charge is 0.418 e. The van der Waals surface area contributed by atoms with Crippen LogP contribution in [0.25, 0.3) is 0 Å². The second-order valence-electron chi connectivity index (χ2n) is 11.9. The molecule has 0 aliphatic carbocycles. The van der Waals surface area contributed by atoms with Crippen LogP contribution in [0.1, 0.15) is 35.1 Å². The number of carbonyl (C=O) groups is 5. The number of hydrogen-bond donors (Lipinski definition) is 4. The normalized spacial score (nSPS) is 12.3. The summed E-state index contributed by atoms with van der Waals surface area (Å²) >= 11 is 0. The predicted octanol–water partition coefficient (Wildman–Crippen LogP) is 4.60. The lowest BCUT2D eigenvalue weighted by atomic mass is 9.89. The largest absolute Gasteiger partial charge is 0.479 e. The molecule has 3 amide bonds. The highest BCUT2D eigenvalue weighted by atomic mass is 16.6. The van der Waals surface area contributed by atoms with E-state index in [4.69, 9.17) is 31.1 Å². The second-order valence-corrected chi connectivity index (χ2v) is 11.9. The first-order chi connectivity index (χ1) is 25.5. The molecule has 0 aliphatic heterocycles. The van der Waals surface area contributed by atoms with Gasteiger partial charge in [-0.05, 0) is 41.5 Å². The number of carboxylic acids is 1. The molecule has 4 aromatic carbocycles. The van der Waals surface area contributed by atoms with Crippen LogP contribution >= 0.6 is 0 Å². The van der Waals surface area contributed by atoms with Crippen LogP contribution in [0.5, 0.6) is 0 Å². The minimum Gasteiger partial charge on any atom is -0.479 e. The first kappa shape index (κ1) is 39.2. The third-order valence-electron chi connectivity index (χ3n) is 8.15. The maximum Gasteiger partial charge on any atom is 0.418 e. The zero-order valence-corrected chi connectivity index (χ0v) is 28.8. The average Bonchev–Trinajstić information content (AvgIpc) is 3.17. The van der Waals surface area contributed by atoms with Crippen molar-refractivity contribution >= 4 is 36.0 Å². The van der Waals surface area contributed by atoms with Gasteiger partial charge >= 0.3 is 24.1 Å². The van der Waals surface area contributed by atoms with Crippen molar-refractivity contribution in [3.05, 3.63) is 144 Å². The van der Waals surface area contributed by atoms with Crippen molar-refractivity contribution in [1.82, 2.24) is 9.80 Å². The minimum atomic E-state index is -3.05. The van der Waals surface area contributed by atoms with Gasteiger partial charge < -0.3 is 30.8 Å². The van der Waals surface area contributed by atoms with Crippen LogP contribution in [-0.2, 0) is 54.8 Å². The fourth-order valence-electron chi connectivity index (χ4n) is 5.38. The molecule has 0 radical (unpaired) electrons. The molecule has 53 heavy (non-hydrogen) atoms. The molecule has 14 heteroatoms. The molecule has 0 spiro atoms. The van der Waals surface area contributed by atoms with Crippen LogP contribution < -0.4 is 11.5 Å². The van der Waals surface area contributed by atoms with Crippen molar-refractivity contribution in [2.75, 3.05) is 6.54 Å². The summed E-state index contributed by atoms with van der Waals surface area (Å²) in [6.45, 7) is -1.38. The van der Waals surface area contributed by atoms with Crippen molar-refractivity contribution in [1.29, 1.82) is 5.41 Å². The Morgan fingerprint density at radius 3 is 1.51 bits per heavy atom. The van der Waals surface area contributed by atoms with Crippen LogP contribution in [0.3, 0.4) is 0 Å². The summed E-state index contributed by atoms with van der Waals surface area (Å²) in [5.74, 6) is -5.34. The highest BCUT2D eigenvalue weighted by Gasteiger charge is 2.58. The van der Waals surface area contributed by atoms with E-state index in [0.29, 0.717) is 22.3 Å². The molecule has 0 heterocycles. The molecule has 14 nitrogen and oxygen atoms in total. The van der Waals surface area contributed by atoms with Gasteiger partial charge in [-0.1, -0.05) is 121 Å². The highest BCUT2D eigenvalue weighted by molar-refractivity contribution is 6.12. The Hall–Kier alpha value is -6.54. The quantitative estimate of drug-likeness (QED) is 0.0412. The van der Waals surface area contributed by atoms with Crippen molar-refractivity contribution in [2.45, 2.75) is 50.7 Å². The molecule has 0 saturated heterocycles. The number of nitrogens with one attached hydrogen (secondary N) is 1. The van der Waals surface area contributed by atoms with E-state index >= 15 is 0 Å². The maximum atomic E-state index is 14.3. The van der Waals surface area contributed by atoms with E-state index in [1.165, 1.54) is 0 Å². The Bertz CT molecular complexity index is 1850. The summed E-state index contributed by atoms with van der Waals surface area (Å²) in [4.78, 5) is 69.8. The van der Waals surface area contributed by atoms with Crippen molar-refractivity contribution in [3.8, 4) is 0 Å². The lowest BCUT2D eigenvalue weighted by molar-refractivity contribution is -0.176. The van der Waals surface area contributed by atoms with Gasteiger partial charge in [-0.15, -0.1) is 0 Å². The molecule has 0 saturated carbocycles. The summed E-state index contributed by atoms with van der Waals surface area (Å²) in [6, 6.07) is 32.5. The summed E-state index contributed by atoms with van der Waals surface area (Å²) in [7, 11) is 0.